The predicted octanol–water partition coefficient (Wildman–Crippen LogP) is 0.563. The molecule has 0 saturated carbocycles. The number of imide groups is 1. The van der Waals surface area contributed by atoms with Crippen LogP contribution in [0.5, 0.6) is 5.75 Å². The minimum absolute atomic E-state index is 0.0440. The Balaban J connectivity index is 2.76. The van der Waals surface area contributed by atoms with E-state index in [1.165, 1.54) is 12.1 Å². The Morgan fingerprint density at radius 3 is 2.61 bits per heavy atom. The lowest BCUT2D eigenvalue weighted by atomic mass is 10.2. The van der Waals surface area contributed by atoms with Gasteiger partial charge in [0.1, 0.15) is 11.3 Å². The van der Waals surface area contributed by atoms with E-state index < -0.39 is 24.5 Å². The standard InChI is InChI=1S/C10H9IN2O5/c11-5-1-2-7(6(3-5)9(15)16)18-4-8(14)13-10(12)17/h1-3H,4H2,(H,15,16)(H3,12,13,14,17). The largest absolute Gasteiger partial charge is 0.483 e. The zero-order valence-corrected chi connectivity index (χ0v) is 11.1. The molecule has 0 bridgehead atoms. The highest BCUT2D eigenvalue weighted by molar-refractivity contribution is 14.1. The van der Waals surface area contributed by atoms with Crippen LogP contribution in [0.2, 0.25) is 0 Å². The number of carbonyl (C=O) groups excluding carboxylic acids is 2. The fraction of sp³-hybridized carbons (Fsp3) is 0.100. The van der Waals surface area contributed by atoms with Gasteiger partial charge < -0.3 is 15.6 Å². The number of benzene rings is 1. The third-order valence-corrected chi connectivity index (χ3v) is 2.46. The van der Waals surface area contributed by atoms with Gasteiger partial charge in [0.2, 0.25) is 0 Å². The molecular formula is C10H9IN2O5. The maximum Gasteiger partial charge on any atom is 0.339 e. The molecule has 0 heterocycles. The topological polar surface area (TPSA) is 119 Å². The van der Waals surface area contributed by atoms with Crippen molar-refractivity contribution in [2.24, 2.45) is 5.73 Å². The fourth-order valence-electron chi connectivity index (χ4n) is 1.11. The highest BCUT2D eigenvalue weighted by Gasteiger charge is 2.13. The smallest absolute Gasteiger partial charge is 0.339 e. The Hall–Kier alpha value is -1.84. The van der Waals surface area contributed by atoms with E-state index in [1.54, 1.807) is 11.4 Å². The minimum atomic E-state index is -1.17. The molecule has 0 saturated heterocycles. The number of nitrogens with two attached hydrogens (primary N) is 1. The Labute approximate surface area is 115 Å². The van der Waals surface area contributed by atoms with E-state index in [-0.39, 0.29) is 11.3 Å². The van der Waals surface area contributed by atoms with Crippen molar-refractivity contribution >= 4 is 40.5 Å². The molecule has 7 nitrogen and oxygen atoms in total. The summed E-state index contributed by atoms with van der Waals surface area (Å²) in [5.41, 5.74) is 4.68. The maximum absolute atomic E-state index is 11.1. The first-order valence-corrected chi connectivity index (χ1v) is 5.73. The molecule has 18 heavy (non-hydrogen) atoms. The number of nitrogens with one attached hydrogen (secondary N) is 1. The van der Waals surface area contributed by atoms with Gasteiger partial charge in [-0.3, -0.25) is 10.1 Å². The van der Waals surface area contributed by atoms with Crippen molar-refractivity contribution in [2.45, 2.75) is 0 Å². The molecule has 0 aliphatic heterocycles. The SMILES string of the molecule is NC(=O)NC(=O)COc1ccc(I)cc1C(=O)O. The second-order valence-corrected chi connectivity index (χ2v) is 4.39. The zero-order chi connectivity index (χ0) is 13.7. The second kappa shape index (κ2) is 6.19. The van der Waals surface area contributed by atoms with E-state index in [2.05, 4.69) is 0 Å². The lowest BCUT2D eigenvalue weighted by Crippen LogP contribution is -2.38. The van der Waals surface area contributed by atoms with Gasteiger partial charge in [-0.05, 0) is 40.8 Å². The summed E-state index contributed by atoms with van der Waals surface area (Å²) in [7, 11) is 0. The molecule has 8 heteroatoms. The van der Waals surface area contributed by atoms with Gasteiger partial charge in [-0.25, -0.2) is 9.59 Å². The lowest BCUT2D eigenvalue weighted by molar-refractivity contribution is -0.121. The van der Waals surface area contributed by atoms with E-state index in [0.29, 0.717) is 0 Å². The van der Waals surface area contributed by atoms with Crippen molar-refractivity contribution < 1.29 is 24.2 Å². The number of urea groups is 1. The number of halogens is 1. The van der Waals surface area contributed by atoms with Crippen LogP contribution in [-0.2, 0) is 4.79 Å². The van der Waals surface area contributed by atoms with Crippen LogP contribution in [0.4, 0.5) is 4.79 Å². The third-order valence-electron chi connectivity index (χ3n) is 1.79. The third kappa shape index (κ3) is 4.20. The van der Waals surface area contributed by atoms with Gasteiger partial charge in [0.15, 0.2) is 6.61 Å². The van der Waals surface area contributed by atoms with Crippen molar-refractivity contribution in [2.75, 3.05) is 6.61 Å². The lowest BCUT2D eigenvalue weighted by Gasteiger charge is -2.08. The molecule has 96 valence electrons. The first-order chi connectivity index (χ1) is 8.40. The summed E-state index contributed by atoms with van der Waals surface area (Å²) in [6.45, 7) is -0.496. The molecule has 1 aromatic carbocycles. The number of carboxylic acid groups (broad SMARTS) is 1. The van der Waals surface area contributed by atoms with Crippen LogP contribution >= 0.6 is 22.6 Å². The van der Waals surface area contributed by atoms with Crippen LogP contribution in [0, 0.1) is 3.57 Å². The van der Waals surface area contributed by atoms with Crippen molar-refractivity contribution in [3.05, 3.63) is 27.3 Å². The van der Waals surface area contributed by atoms with Gasteiger partial charge in [0, 0.05) is 3.57 Å². The molecule has 0 unspecified atom stereocenters. The Bertz CT molecular complexity index is 503. The number of rotatable bonds is 4. The maximum atomic E-state index is 11.1. The van der Waals surface area contributed by atoms with E-state index in [0.717, 1.165) is 3.57 Å². The van der Waals surface area contributed by atoms with Gasteiger partial charge in [-0.2, -0.15) is 0 Å². The van der Waals surface area contributed by atoms with Crippen molar-refractivity contribution in [3.63, 3.8) is 0 Å². The van der Waals surface area contributed by atoms with Gasteiger partial charge in [-0.15, -0.1) is 0 Å². The second-order valence-electron chi connectivity index (χ2n) is 3.15. The molecule has 0 spiro atoms. The summed E-state index contributed by atoms with van der Waals surface area (Å²) in [6.07, 6.45) is 0. The number of hydrogen-bond donors (Lipinski definition) is 3. The van der Waals surface area contributed by atoms with Crippen LogP contribution in [0.25, 0.3) is 0 Å². The molecule has 4 N–H and O–H groups in total. The van der Waals surface area contributed by atoms with Crippen LogP contribution in [0.15, 0.2) is 18.2 Å². The molecule has 1 rings (SSSR count). The van der Waals surface area contributed by atoms with E-state index in [9.17, 15) is 14.4 Å². The van der Waals surface area contributed by atoms with E-state index in [4.69, 9.17) is 15.6 Å². The zero-order valence-electron chi connectivity index (χ0n) is 8.97. The molecule has 0 fully saturated rings. The number of primary amides is 1. The molecular weight excluding hydrogens is 355 g/mol. The van der Waals surface area contributed by atoms with Gasteiger partial charge in [0.25, 0.3) is 5.91 Å². The summed E-state index contributed by atoms with van der Waals surface area (Å²) in [4.78, 5) is 32.4. The van der Waals surface area contributed by atoms with Crippen molar-refractivity contribution in [3.8, 4) is 5.75 Å². The van der Waals surface area contributed by atoms with Gasteiger partial charge in [0.05, 0.1) is 0 Å². The number of ether oxygens (including phenoxy) is 1. The summed E-state index contributed by atoms with van der Waals surface area (Å²) in [5.74, 6) is -1.88. The van der Waals surface area contributed by atoms with Crippen LogP contribution in [0.3, 0.4) is 0 Å². The van der Waals surface area contributed by atoms with Crippen molar-refractivity contribution in [1.82, 2.24) is 5.32 Å². The molecule has 0 radical (unpaired) electrons. The Morgan fingerprint density at radius 1 is 1.39 bits per heavy atom. The van der Waals surface area contributed by atoms with Crippen molar-refractivity contribution in [1.29, 1.82) is 0 Å². The van der Waals surface area contributed by atoms with Crippen LogP contribution < -0.4 is 15.8 Å². The first kappa shape index (κ1) is 14.2. The molecule has 0 atom stereocenters. The number of aromatic carboxylic acids is 1. The Morgan fingerprint density at radius 2 is 2.06 bits per heavy atom. The van der Waals surface area contributed by atoms with E-state index >= 15 is 0 Å². The van der Waals surface area contributed by atoms with Gasteiger partial charge >= 0.3 is 12.0 Å². The highest BCUT2D eigenvalue weighted by Crippen LogP contribution is 2.21. The monoisotopic (exact) mass is 364 g/mol. The number of amides is 3. The summed E-state index contributed by atoms with van der Waals surface area (Å²) >= 11 is 1.95. The average Bonchev–Trinajstić information content (AvgIpc) is 2.26. The number of hydrogen-bond acceptors (Lipinski definition) is 4. The molecule has 1 aromatic rings. The molecule has 0 aliphatic carbocycles. The Kier molecular flexibility index (Phi) is 4.89. The van der Waals surface area contributed by atoms with Crippen LogP contribution in [0.1, 0.15) is 10.4 Å². The minimum Gasteiger partial charge on any atom is -0.483 e. The number of carboxylic acids is 1. The van der Waals surface area contributed by atoms with Gasteiger partial charge in [-0.1, -0.05) is 0 Å². The van der Waals surface area contributed by atoms with Crippen LogP contribution in [-0.4, -0.2) is 29.6 Å². The van der Waals surface area contributed by atoms with E-state index in [1.807, 2.05) is 22.6 Å². The predicted molar refractivity (Wildman–Crippen MR) is 69.3 cm³/mol. The molecule has 0 aromatic heterocycles. The summed E-state index contributed by atoms with van der Waals surface area (Å²) < 4.78 is 5.73. The average molecular weight is 364 g/mol. The summed E-state index contributed by atoms with van der Waals surface area (Å²) in [5, 5.41) is 10.7. The quantitative estimate of drug-likeness (QED) is 0.675. The fourth-order valence-corrected chi connectivity index (χ4v) is 1.60. The molecule has 3 amide bonds. The summed E-state index contributed by atoms with van der Waals surface area (Å²) in [6, 6.07) is 3.48. The normalized spacial score (nSPS) is 9.61. The first-order valence-electron chi connectivity index (χ1n) is 4.65. The number of carbonyl (C=O) groups is 3. The highest BCUT2D eigenvalue weighted by atomic mass is 127. The molecule has 0 aliphatic rings.